The number of piperidine rings is 1. The first-order valence-electron chi connectivity index (χ1n) is 6.30. The molecule has 1 atom stereocenters. The van der Waals surface area contributed by atoms with Crippen LogP contribution >= 0.6 is 11.6 Å². The number of pyridine rings is 1. The molecule has 0 spiro atoms. The van der Waals surface area contributed by atoms with Gasteiger partial charge in [-0.3, -0.25) is 0 Å². The number of hydrogen-bond donors (Lipinski definition) is 1. The van der Waals surface area contributed by atoms with Gasteiger partial charge in [-0.15, -0.1) is 0 Å². The maximum atomic E-state index is 12.6. The molecule has 1 fully saturated rings. The second-order valence-electron chi connectivity index (χ2n) is 4.59. The Bertz CT molecular complexity index is 534. The van der Waals surface area contributed by atoms with Crippen molar-refractivity contribution in [1.82, 2.24) is 9.29 Å². The summed E-state index contributed by atoms with van der Waals surface area (Å²) in [5.74, 6) is 0. The number of rotatable bonds is 4. The lowest BCUT2D eigenvalue weighted by Crippen LogP contribution is -2.44. The van der Waals surface area contributed by atoms with Crippen LogP contribution in [-0.4, -0.2) is 42.0 Å². The highest BCUT2D eigenvalue weighted by molar-refractivity contribution is 7.89. The van der Waals surface area contributed by atoms with Crippen LogP contribution in [0.3, 0.4) is 0 Å². The van der Waals surface area contributed by atoms with Gasteiger partial charge in [-0.05, 0) is 31.4 Å². The van der Waals surface area contributed by atoms with E-state index in [9.17, 15) is 8.42 Å². The van der Waals surface area contributed by atoms with Gasteiger partial charge in [0, 0.05) is 25.4 Å². The van der Waals surface area contributed by atoms with E-state index in [2.05, 4.69) is 4.98 Å². The smallest absolute Gasteiger partial charge is 0.243 e. The third kappa shape index (κ3) is 3.25. The molecule has 2 heterocycles. The standard InChI is InChI=1S/C12H17ClN2O3S/c13-12-9-11(4-6-14-12)19(17,18)15-7-2-1-3-10(15)5-8-16/h4,6,9-10,16H,1-3,5,7-8H2. The SMILES string of the molecule is O=S(=O)(c1ccnc(Cl)c1)N1CCCCC1CCO. The van der Waals surface area contributed by atoms with Crippen LogP contribution in [0.25, 0.3) is 0 Å². The quantitative estimate of drug-likeness (QED) is 0.859. The molecular formula is C12H17ClN2O3S. The van der Waals surface area contributed by atoms with Crippen molar-refractivity contribution in [3.8, 4) is 0 Å². The van der Waals surface area contributed by atoms with E-state index in [1.54, 1.807) is 0 Å². The molecule has 1 aliphatic heterocycles. The van der Waals surface area contributed by atoms with Gasteiger partial charge in [0.05, 0.1) is 4.90 Å². The molecule has 1 unspecified atom stereocenters. The zero-order chi connectivity index (χ0) is 13.9. The largest absolute Gasteiger partial charge is 0.396 e. The van der Waals surface area contributed by atoms with E-state index >= 15 is 0 Å². The average Bonchev–Trinajstić information content (AvgIpc) is 2.39. The minimum atomic E-state index is -3.56. The van der Waals surface area contributed by atoms with Crippen molar-refractivity contribution in [2.75, 3.05) is 13.2 Å². The van der Waals surface area contributed by atoms with Crippen LogP contribution in [0.15, 0.2) is 23.2 Å². The zero-order valence-electron chi connectivity index (χ0n) is 10.5. The Morgan fingerprint density at radius 3 is 2.95 bits per heavy atom. The normalized spacial score (nSPS) is 21.5. The second-order valence-corrected chi connectivity index (χ2v) is 6.87. The first-order chi connectivity index (χ1) is 9.05. The van der Waals surface area contributed by atoms with Crippen molar-refractivity contribution in [2.45, 2.75) is 36.6 Å². The number of halogens is 1. The van der Waals surface area contributed by atoms with Crippen LogP contribution in [0, 0.1) is 0 Å². The predicted octanol–water partition coefficient (Wildman–Crippen LogP) is 1.66. The Morgan fingerprint density at radius 1 is 1.47 bits per heavy atom. The third-order valence-corrected chi connectivity index (χ3v) is 5.49. The first kappa shape index (κ1) is 14.7. The summed E-state index contributed by atoms with van der Waals surface area (Å²) in [6.45, 7) is 0.487. The summed E-state index contributed by atoms with van der Waals surface area (Å²) in [4.78, 5) is 3.96. The van der Waals surface area contributed by atoms with Crippen LogP contribution in [0.5, 0.6) is 0 Å². The van der Waals surface area contributed by atoms with E-state index in [1.165, 1.54) is 22.6 Å². The van der Waals surface area contributed by atoms with Crippen molar-refractivity contribution in [3.63, 3.8) is 0 Å². The van der Waals surface area contributed by atoms with E-state index in [4.69, 9.17) is 16.7 Å². The molecule has 7 heteroatoms. The number of nitrogens with zero attached hydrogens (tertiary/aromatic N) is 2. The van der Waals surface area contributed by atoms with Crippen molar-refractivity contribution in [2.24, 2.45) is 0 Å². The molecule has 1 aromatic heterocycles. The fourth-order valence-corrected chi connectivity index (χ4v) is 4.38. The molecule has 0 bridgehead atoms. The van der Waals surface area contributed by atoms with E-state index in [0.29, 0.717) is 13.0 Å². The Hall–Kier alpha value is -0.690. The molecule has 106 valence electrons. The van der Waals surface area contributed by atoms with Crippen molar-refractivity contribution in [3.05, 3.63) is 23.5 Å². The summed E-state index contributed by atoms with van der Waals surface area (Å²) >= 11 is 5.75. The molecule has 0 radical (unpaired) electrons. The van der Waals surface area contributed by atoms with Gasteiger partial charge in [0.15, 0.2) is 0 Å². The zero-order valence-corrected chi connectivity index (χ0v) is 12.1. The molecule has 5 nitrogen and oxygen atoms in total. The Morgan fingerprint density at radius 2 is 2.26 bits per heavy atom. The van der Waals surface area contributed by atoms with Crippen LogP contribution in [0.4, 0.5) is 0 Å². The average molecular weight is 305 g/mol. The molecule has 1 aliphatic rings. The lowest BCUT2D eigenvalue weighted by atomic mass is 10.0. The number of aromatic nitrogens is 1. The summed E-state index contributed by atoms with van der Waals surface area (Å²) < 4.78 is 26.6. The molecule has 0 aliphatic carbocycles. The van der Waals surface area contributed by atoms with Gasteiger partial charge < -0.3 is 5.11 Å². The molecule has 1 N–H and O–H groups in total. The third-order valence-electron chi connectivity index (χ3n) is 3.34. The minimum absolute atomic E-state index is 0.00616. The van der Waals surface area contributed by atoms with Gasteiger partial charge in [0.25, 0.3) is 0 Å². The van der Waals surface area contributed by atoms with Crippen molar-refractivity contribution >= 4 is 21.6 Å². The number of hydrogen-bond acceptors (Lipinski definition) is 4. The van der Waals surface area contributed by atoms with Gasteiger partial charge in [-0.25, -0.2) is 13.4 Å². The highest BCUT2D eigenvalue weighted by Gasteiger charge is 2.33. The summed E-state index contributed by atoms with van der Waals surface area (Å²) in [5.41, 5.74) is 0. The molecule has 2 rings (SSSR count). The highest BCUT2D eigenvalue weighted by atomic mass is 35.5. The molecule has 0 amide bonds. The predicted molar refractivity (Wildman–Crippen MR) is 72.5 cm³/mol. The minimum Gasteiger partial charge on any atom is -0.396 e. The maximum Gasteiger partial charge on any atom is 0.243 e. The maximum absolute atomic E-state index is 12.6. The van der Waals surface area contributed by atoms with Gasteiger partial charge in [-0.1, -0.05) is 18.0 Å². The fraction of sp³-hybridized carbons (Fsp3) is 0.583. The van der Waals surface area contributed by atoms with Gasteiger partial charge in [0.2, 0.25) is 10.0 Å². The molecule has 1 aromatic rings. The van der Waals surface area contributed by atoms with E-state index in [1.807, 2.05) is 0 Å². The number of aliphatic hydroxyl groups is 1. The lowest BCUT2D eigenvalue weighted by Gasteiger charge is -2.34. The molecular weight excluding hydrogens is 288 g/mol. The van der Waals surface area contributed by atoms with Crippen LogP contribution < -0.4 is 0 Å². The number of aliphatic hydroxyl groups excluding tert-OH is 1. The Kier molecular flexibility index (Phi) is 4.78. The molecule has 19 heavy (non-hydrogen) atoms. The van der Waals surface area contributed by atoms with Crippen LogP contribution in [-0.2, 0) is 10.0 Å². The first-order valence-corrected chi connectivity index (χ1v) is 8.12. The summed E-state index contributed by atoms with van der Waals surface area (Å²) in [6.07, 6.45) is 4.49. The summed E-state index contributed by atoms with van der Waals surface area (Å²) in [5, 5.41) is 9.23. The fourth-order valence-electron chi connectivity index (χ4n) is 2.41. The van der Waals surface area contributed by atoms with Crippen molar-refractivity contribution in [1.29, 1.82) is 0 Å². The van der Waals surface area contributed by atoms with E-state index < -0.39 is 10.0 Å². The van der Waals surface area contributed by atoms with E-state index in [-0.39, 0.29) is 22.7 Å². The molecule has 1 saturated heterocycles. The Balaban J connectivity index is 2.31. The van der Waals surface area contributed by atoms with Crippen LogP contribution in [0.1, 0.15) is 25.7 Å². The number of sulfonamides is 1. The Labute approximate surface area is 118 Å². The van der Waals surface area contributed by atoms with Crippen LogP contribution in [0.2, 0.25) is 5.15 Å². The van der Waals surface area contributed by atoms with Gasteiger partial charge >= 0.3 is 0 Å². The molecule has 0 saturated carbocycles. The molecule has 0 aromatic carbocycles. The van der Waals surface area contributed by atoms with Gasteiger partial charge in [-0.2, -0.15) is 4.31 Å². The van der Waals surface area contributed by atoms with Gasteiger partial charge in [0.1, 0.15) is 5.15 Å². The van der Waals surface area contributed by atoms with E-state index in [0.717, 1.165) is 19.3 Å². The highest BCUT2D eigenvalue weighted by Crippen LogP contribution is 2.27. The van der Waals surface area contributed by atoms with Crippen molar-refractivity contribution < 1.29 is 13.5 Å². The lowest BCUT2D eigenvalue weighted by molar-refractivity contribution is 0.192. The topological polar surface area (TPSA) is 70.5 Å². The summed E-state index contributed by atoms with van der Waals surface area (Å²) in [6, 6.07) is 2.68. The second kappa shape index (κ2) is 6.17. The monoisotopic (exact) mass is 304 g/mol. The summed E-state index contributed by atoms with van der Waals surface area (Å²) in [7, 11) is -3.56.